The number of carbonyl (C=O) groups excluding carboxylic acids is 2. The quantitative estimate of drug-likeness (QED) is 0.207. The van der Waals surface area contributed by atoms with E-state index in [-0.39, 0.29) is 18.0 Å². The van der Waals surface area contributed by atoms with Gasteiger partial charge in [0.1, 0.15) is 23.4 Å². The SMILES string of the molecule is COC(=O)c1ccc(-c2ccc(OC3CCN(C(=O)Oc4ccc(Oc5ccc(C(F)(F)F)cn5)cc4)CC3)cc2)cc1. The number of alkyl halides is 3. The first kappa shape index (κ1) is 29.4. The second kappa shape index (κ2) is 12.8. The molecule has 0 aliphatic carbocycles. The predicted octanol–water partition coefficient (Wildman–Crippen LogP) is 7.39. The van der Waals surface area contributed by atoms with Gasteiger partial charge in [0.2, 0.25) is 5.88 Å². The maximum absolute atomic E-state index is 12.7. The van der Waals surface area contributed by atoms with Crippen LogP contribution in [0.25, 0.3) is 11.1 Å². The summed E-state index contributed by atoms with van der Waals surface area (Å²) < 4.78 is 59.9. The maximum atomic E-state index is 12.7. The van der Waals surface area contributed by atoms with Crippen molar-refractivity contribution in [2.45, 2.75) is 25.1 Å². The topological polar surface area (TPSA) is 87.2 Å². The van der Waals surface area contributed by atoms with Crippen molar-refractivity contribution in [3.8, 4) is 34.3 Å². The van der Waals surface area contributed by atoms with Crippen LogP contribution >= 0.6 is 0 Å². The zero-order valence-corrected chi connectivity index (χ0v) is 23.0. The van der Waals surface area contributed by atoms with E-state index in [1.54, 1.807) is 17.0 Å². The number of aromatic nitrogens is 1. The highest BCUT2D eigenvalue weighted by molar-refractivity contribution is 5.90. The van der Waals surface area contributed by atoms with Crippen molar-refractivity contribution in [3.63, 3.8) is 0 Å². The molecular formula is C32H27F3N2O6. The fourth-order valence-electron chi connectivity index (χ4n) is 4.46. The van der Waals surface area contributed by atoms with Crippen LogP contribution in [-0.4, -0.2) is 48.2 Å². The smallest absolute Gasteiger partial charge is 0.417 e. The molecule has 1 fully saturated rings. The Morgan fingerprint density at radius 3 is 1.93 bits per heavy atom. The number of hydrogen-bond acceptors (Lipinski definition) is 7. The van der Waals surface area contributed by atoms with Gasteiger partial charge in [-0.3, -0.25) is 0 Å². The molecule has 4 aromatic rings. The summed E-state index contributed by atoms with van der Waals surface area (Å²) in [5.74, 6) is 0.981. The van der Waals surface area contributed by atoms with Gasteiger partial charge in [-0.05, 0) is 65.7 Å². The van der Waals surface area contributed by atoms with Crippen LogP contribution in [0.2, 0.25) is 0 Å². The zero-order chi connectivity index (χ0) is 30.4. The number of ether oxygens (including phenoxy) is 4. The monoisotopic (exact) mass is 592 g/mol. The number of nitrogens with zero attached hydrogens (tertiary/aromatic N) is 2. The Hall–Kier alpha value is -5.06. The van der Waals surface area contributed by atoms with E-state index >= 15 is 0 Å². The van der Waals surface area contributed by atoms with Gasteiger partial charge in [-0.2, -0.15) is 13.2 Å². The molecule has 11 heteroatoms. The molecule has 2 heterocycles. The van der Waals surface area contributed by atoms with Gasteiger partial charge in [-0.15, -0.1) is 0 Å². The van der Waals surface area contributed by atoms with Crippen LogP contribution in [0.1, 0.15) is 28.8 Å². The Labute approximate surface area is 245 Å². The fourth-order valence-corrected chi connectivity index (χ4v) is 4.46. The van der Waals surface area contributed by atoms with Crippen molar-refractivity contribution >= 4 is 12.1 Å². The van der Waals surface area contributed by atoms with E-state index in [0.717, 1.165) is 29.0 Å². The summed E-state index contributed by atoms with van der Waals surface area (Å²) in [6, 6.07) is 23.0. The van der Waals surface area contributed by atoms with Crippen LogP contribution < -0.4 is 14.2 Å². The van der Waals surface area contributed by atoms with Crippen molar-refractivity contribution in [2.75, 3.05) is 20.2 Å². The van der Waals surface area contributed by atoms with Gasteiger partial charge in [-0.25, -0.2) is 14.6 Å². The van der Waals surface area contributed by atoms with Crippen LogP contribution in [0.5, 0.6) is 23.1 Å². The number of likely N-dealkylation sites (tertiary alicyclic amines) is 1. The molecule has 5 rings (SSSR count). The lowest BCUT2D eigenvalue weighted by Gasteiger charge is -2.31. The summed E-state index contributed by atoms with van der Waals surface area (Å²) in [6.45, 7) is 0.934. The summed E-state index contributed by atoms with van der Waals surface area (Å²) in [5.41, 5.74) is 1.57. The van der Waals surface area contributed by atoms with E-state index in [2.05, 4.69) is 4.98 Å². The van der Waals surface area contributed by atoms with Gasteiger partial charge in [0.15, 0.2) is 0 Å². The average Bonchev–Trinajstić information content (AvgIpc) is 3.02. The second-order valence-corrected chi connectivity index (χ2v) is 9.72. The van der Waals surface area contributed by atoms with Crippen LogP contribution in [0.15, 0.2) is 91.1 Å². The van der Waals surface area contributed by atoms with Gasteiger partial charge in [-0.1, -0.05) is 24.3 Å². The third-order valence-electron chi connectivity index (χ3n) is 6.81. The number of methoxy groups -OCH3 is 1. The molecule has 1 saturated heterocycles. The third kappa shape index (κ3) is 7.62. The number of esters is 1. The number of rotatable bonds is 7. The van der Waals surface area contributed by atoms with Crippen molar-refractivity contribution in [1.29, 1.82) is 0 Å². The fraction of sp³-hybridized carbons (Fsp3) is 0.219. The predicted molar refractivity (Wildman–Crippen MR) is 150 cm³/mol. The normalized spacial score (nSPS) is 13.7. The zero-order valence-electron chi connectivity index (χ0n) is 23.0. The molecule has 1 aliphatic heterocycles. The molecule has 0 unspecified atom stereocenters. The molecule has 0 bridgehead atoms. The van der Waals surface area contributed by atoms with E-state index < -0.39 is 17.8 Å². The van der Waals surface area contributed by atoms with Crippen LogP contribution in [0.3, 0.4) is 0 Å². The van der Waals surface area contributed by atoms with Crippen LogP contribution in [0.4, 0.5) is 18.0 Å². The molecule has 1 aromatic heterocycles. The minimum Gasteiger partial charge on any atom is -0.490 e. The third-order valence-corrected chi connectivity index (χ3v) is 6.81. The summed E-state index contributed by atoms with van der Waals surface area (Å²) in [7, 11) is 1.35. The number of halogens is 3. The van der Waals surface area contributed by atoms with Gasteiger partial charge >= 0.3 is 18.2 Å². The first-order valence-corrected chi connectivity index (χ1v) is 13.4. The van der Waals surface area contributed by atoms with Gasteiger partial charge in [0.25, 0.3) is 0 Å². The van der Waals surface area contributed by atoms with E-state index in [4.69, 9.17) is 18.9 Å². The Kier molecular flexibility index (Phi) is 8.79. The highest BCUT2D eigenvalue weighted by Gasteiger charge is 2.31. The lowest BCUT2D eigenvalue weighted by Crippen LogP contribution is -2.43. The minimum absolute atomic E-state index is 0.00512. The van der Waals surface area contributed by atoms with E-state index in [1.807, 2.05) is 36.4 Å². The van der Waals surface area contributed by atoms with E-state index in [0.29, 0.717) is 49.2 Å². The number of carbonyl (C=O) groups is 2. The first-order valence-electron chi connectivity index (χ1n) is 13.4. The summed E-state index contributed by atoms with van der Waals surface area (Å²) in [4.78, 5) is 29.6. The van der Waals surface area contributed by atoms with Crippen molar-refractivity contribution < 1.29 is 41.7 Å². The second-order valence-electron chi connectivity index (χ2n) is 9.72. The molecular weight excluding hydrogens is 565 g/mol. The van der Waals surface area contributed by atoms with Crippen molar-refractivity contribution in [1.82, 2.24) is 9.88 Å². The molecule has 1 amide bonds. The largest absolute Gasteiger partial charge is 0.490 e. The first-order chi connectivity index (χ1) is 20.7. The number of benzene rings is 3. The summed E-state index contributed by atoms with van der Waals surface area (Å²) >= 11 is 0. The molecule has 0 radical (unpaired) electrons. The molecule has 222 valence electrons. The highest BCUT2D eigenvalue weighted by Crippen LogP contribution is 2.31. The molecule has 0 spiro atoms. The van der Waals surface area contributed by atoms with Crippen LogP contribution in [-0.2, 0) is 10.9 Å². The van der Waals surface area contributed by atoms with Gasteiger partial charge in [0.05, 0.1) is 18.2 Å². The number of pyridine rings is 1. The maximum Gasteiger partial charge on any atom is 0.417 e. The molecule has 1 aliphatic rings. The van der Waals surface area contributed by atoms with Gasteiger partial charge < -0.3 is 23.8 Å². The van der Waals surface area contributed by atoms with E-state index in [9.17, 15) is 22.8 Å². The number of hydrogen-bond donors (Lipinski definition) is 0. The molecule has 8 nitrogen and oxygen atoms in total. The number of piperidine rings is 1. The molecule has 43 heavy (non-hydrogen) atoms. The Morgan fingerprint density at radius 2 is 1.37 bits per heavy atom. The van der Waals surface area contributed by atoms with Crippen molar-refractivity contribution in [2.24, 2.45) is 0 Å². The number of amides is 1. The lowest BCUT2D eigenvalue weighted by molar-refractivity contribution is -0.137. The van der Waals surface area contributed by atoms with E-state index in [1.165, 1.54) is 31.4 Å². The minimum atomic E-state index is -4.48. The lowest BCUT2D eigenvalue weighted by atomic mass is 10.0. The standard InChI is InChI=1S/C32H27F3N2O6/c1-40-30(38)23-4-2-21(3-5-23)22-6-9-25(10-7-22)41-28-16-18-37(19-17-28)31(39)43-27-13-11-26(12-14-27)42-29-15-8-24(20-36-29)32(33,34)35/h2-15,20,28H,16-19H2,1H3. The Bertz CT molecular complexity index is 1530. The van der Waals surface area contributed by atoms with Crippen LogP contribution in [0, 0.1) is 0 Å². The molecule has 0 N–H and O–H groups in total. The molecule has 0 saturated carbocycles. The summed E-state index contributed by atoms with van der Waals surface area (Å²) in [6.07, 6.45) is -3.04. The molecule has 3 aromatic carbocycles. The average molecular weight is 593 g/mol. The van der Waals surface area contributed by atoms with Gasteiger partial charge in [0, 0.05) is 38.2 Å². The van der Waals surface area contributed by atoms with Crippen molar-refractivity contribution in [3.05, 3.63) is 102 Å². The Balaban J connectivity index is 1.07. The summed E-state index contributed by atoms with van der Waals surface area (Å²) in [5, 5.41) is 0. The molecule has 0 atom stereocenters. The Morgan fingerprint density at radius 1 is 0.791 bits per heavy atom. The highest BCUT2D eigenvalue weighted by atomic mass is 19.4.